The van der Waals surface area contributed by atoms with Gasteiger partial charge in [0.1, 0.15) is 5.75 Å². The van der Waals surface area contributed by atoms with Gasteiger partial charge in [-0.25, -0.2) is 0 Å². The fourth-order valence-electron chi connectivity index (χ4n) is 1.44. The van der Waals surface area contributed by atoms with E-state index in [4.69, 9.17) is 15.0 Å². The van der Waals surface area contributed by atoms with Gasteiger partial charge in [-0.1, -0.05) is 16.8 Å². The Labute approximate surface area is 93.2 Å². The molecule has 2 rings (SSSR count). The second-order valence-corrected chi connectivity index (χ2v) is 3.42. The molecule has 0 aliphatic rings. The normalized spacial score (nSPS) is 10.4. The quantitative estimate of drug-likeness (QED) is 0.847. The molecular formula is C11H13N3O2. The molecule has 5 nitrogen and oxygen atoms in total. The highest BCUT2D eigenvalue weighted by atomic mass is 16.5. The molecule has 2 aromatic rings. The van der Waals surface area contributed by atoms with Gasteiger partial charge in [0, 0.05) is 0 Å². The van der Waals surface area contributed by atoms with Gasteiger partial charge >= 0.3 is 0 Å². The summed E-state index contributed by atoms with van der Waals surface area (Å²) in [6, 6.07) is 5.77. The molecule has 16 heavy (non-hydrogen) atoms. The first-order chi connectivity index (χ1) is 7.74. The van der Waals surface area contributed by atoms with E-state index in [0.29, 0.717) is 17.5 Å². The summed E-state index contributed by atoms with van der Waals surface area (Å²) >= 11 is 0. The smallest absolute Gasteiger partial charge is 0.261 e. The van der Waals surface area contributed by atoms with Crippen LogP contribution in [0.1, 0.15) is 11.4 Å². The summed E-state index contributed by atoms with van der Waals surface area (Å²) in [4.78, 5) is 4.17. The molecule has 1 aromatic heterocycles. The van der Waals surface area contributed by atoms with E-state index >= 15 is 0 Å². The van der Waals surface area contributed by atoms with Crippen molar-refractivity contribution in [1.29, 1.82) is 0 Å². The van der Waals surface area contributed by atoms with Crippen molar-refractivity contribution in [3.63, 3.8) is 0 Å². The summed E-state index contributed by atoms with van der Waals surface area (Å²) in [6.07, 6.45) is 0. The zero-order valence-corrected chi connectivity index (χ0v) is 9.23. The van der Waals surface area contributed by atoms with Gasteiger partial charge in [0.15, 0.2) is 5.82 Å². The van der Waals surface area contributed by atoms with E-state index in [9.17, 15) is 0 Å². The Morgan fingerprint density at radius 1 is 1.44 bits per heavy atom. The molecule has 0 unspecified atom stereocenters. The van der Waals surface area contributed by atoms with E-state index in [1.807, 2.05) is 25.1 Å². The van der Waals surface area contributed by atoms with E-state index in [0.717, 1.165) is 11.1 Å². The highest BCUT2D eigenvalue weighted by molar-refractivity contribution is 5.63. The number of hydrogen-bond acceptors (Lipinski definition) is 5. The number of methoxy groups -OCH3 is 1. The number of aromatic nitrogens is 2. The van der Waals surface area contributed by atoms with E-state index < -0.39 is 0 Å². The zero-order valence-electron chi connectivity index (χ0n) is 9.23. The standard InChI is InChI=1S/C11H13N3O2/c1-7-3-4-9(15-2)8(5-7)11-13-10(6-12)14-16-11/h3-5H,6,12H2,1-2H3. The van der Waals surface area contributed by atoms with Crippen LogP contribution in [0.4, 0.5) is 0 Å². The van der Waals surface area contributed by atoms with Crippen LogP contribution in [0.2, 0.25) is 0 Å². The van der Waals surface area contributed by atoms with Crippen LogP contribution in [-0.4, -0.2) is 17.3 Å². The first kappa shape index (κ1) is 10.6. The SMILES string of the molecule is COc1ccc(C)cc1-c1nc(CN)no1. The zero-order chi connectivity index (χ0) is 11.5. The maximum atomic E-state index is 5.43. The molecule has 0 amide bonds. The highest BCUT2D eigenvalue weighted by Gasteiger charge is 2.13. The Hall–Kier alpha value is -1.88. The molecule has 0 aliphatic heterocycles. The average molecular weight is 219 g/mol. The van der Waals surface area contributed by atoms with Crippen LogP contribution in [0.25, 0.3) is 11.5 Å². The second kappa shape index (κ2) is 4.32. The first-order valence-electron chi connectivity index (χ1n) is 4.92. The van der Waals surface area contributed by atoms with E-state index in [1.165, 1.54) is 0 Å². The predicted molar refractivity (Wildman–Crippen MR) is 58.9 cm³/mol. The minimum Gasteiger partial charge on any atom is -0.496 e. The third-order valence-corrected chi connectivity index (χ3v) is 2.24. The Morgan fingerprint density at radius 2 is 2.25 bits per heavy atom. The number of rotatable bonds is 3. The average Bonchev–Trinajstić information content (AvgIpc) is 2.77. The predicted octanol–water partition coefficient (Wildman–Crippen LogP) is 1.51. The Kier molecular flexibility index (Phi) is 2.87. The molecule has 0 bridgehead atoms. The molecular weight excluding hydrogens is 206 g/mol. The minimum absolute atomic E-state index is 0.262. The topological polar surface area (TPSA) is 74.2 Å². The van der Waals surface area contributed by atoms with Crippen molar-refractivity contribution >= 4 is 0 Å². The highest BCUT2D eigenvalue weighted by Crippen LogP contribution is 2.29. The summed E-state index contributed by atoms with van der Waals surface area (Å²) in [7, 11) is 1.61. The van der Waals surface area contributed by atoms with Crippen LogP contribution in [-0.2, 0) is 6.54 Å². The summed E-state index contributed by atoms with van der Waals surface area (Å²) in [6.45, 7) is 2.25. The van der Waals surface area contributed by atoms with E-state index in [1.54, 1.807) is 7.11 Å². The first-order valence-corrected chi connectivity index (χ1v) is 4.92. The molecule has 0 aliphatic carbocycles. The maximum Gasteiger partial charge on any atom is 0.261 e. The third kappa shape index (κ3) is 1.90. The molecule has 84 valence electrons. The van der Waals surface area contributed by atoms with Gasteiger partial charge in [-0.2, -0.15) is 4.98 Å². The fourth-order valence-corrected chi connectivity index (χ4v) is 1.44. The molecule has 0 saturated carbocycles. The van der Waals surface area contributed by atoms with Crippen molar-refractivity contribution in [2.75, 3.05) is 7.11 Å². The number of nitrogens with two attached hydrogens (primary N) is 1. The Bertz CT molecular complexity index is 494. The van der Waals surface area contributed by atoms with Crippen molar-refractivity contribution in [1.82, 2.24) is 10.1 Å². The molecule has 0 fully saturated rings. The third-order valence-electron chi connectivity index (χ3n) is 2.24. The van der Waals surface area contributed by atoms with Crippen molar-refractivity contribution < 1.29 is 9.26 Å². The largest absolute Gasteiger partial charge is 0.496 e. The van der Waals surface area contributed by atoms with Crippen molar-refractivity contribution in [2.45, 2.75) is 13.5 Å². The summed E-state index contributed by atoms with van der Waals surface area (Å²) < 4.78 is 10.4. The van der Waals surface area contributed by atoms with Gasteiger partial charge in [-0.05, 0) is 19.1 Å². The van der Waals surface area contributed by atoms with Crippen LogP contribution >= 0.6 is 0 Å². The van der Waals surface area contributed by atoms with Crippen LogP contribution in [0.5, 0.6) is 5.75 Å². The number of hydrogen-bond donors (Lipinski definition) is 1. The van der Waals surface area contributed by atoms with E-state index in [-0.39, 0.29) is 6.54 Å². The van der Waals surface area contributed by atoms with Crippen LogP contribution in [0.15, 0.2) is 22.7 Å². The monoisotopic (exact) mass is 219 g/mol. The van der Waals surface area contributed by atoms with Crippen LogP contribution in [0, 0.1) is 6.92 Å². The van der Waals surface area contributed by atoms with Crippen LogP contribution in [0.3, 0.4) is 0 Å². The van der Waals surface area contributed by atoms with Crippen molar-refractivity contribution in [3.8, 4) is 17.2 Å². The lowest BCUT2D eigenvalue weighted by atomic mass is 10.1. The Balaban J connectivity index is 2.49. The van der Waals surface area contributed by atoms with Gasteiger partial charge < -0.3 is 15.0 Å². The van der Waals surface area contributed by atoms with Gasteiger partial charge in [-0.3, -0.25) is 0 Å². The summed E-state index contributed by atoms with van der Waals surface area (Å²) in [5, 5.41) is 3.75. The molecule has 5 heteroatoms. The number of benzene rings is 1. The summed E-state index contributed by atoms with van der Waals surface area (Å²) in [5.74, 6) is 1.62. The summed E-state index contributed by atoms with van der Waals surface area (Å²) in [5.41, 5.74) is 7.31. The number of nitrogens with zero attached hydrogens (tertiary/aromatic N) is 2. The van der Waals surface area contributed by atoms with E-state index in [2.05, 4.69) is 10.1 Å². The van der Waals surface area contributed by atoms with Crippen molar-refractivity contribution in [2.24, 2.45) is 5.73 Å². The maximum absolute atomic E-state index is 5.43. The molecule has 0 spiro atoms. The molecule has 0 saturated heterocycles. The minimum atomic E-state index is 0.262. The van der Waals surface area contributed by atoms with Gasteiger partial charge in [-0.15, -0.1) is 0 Å². The van der Waals surface area contributed by atoms with Gasteiger partial charge in [0.25, 0.3) is 5.89 Å². The molecule has 1 heterocycles. The van der Waals surface area contributed by atoms with Crippen molar-refractivity contribution in [3.05, 3.63) is 29.6 Å². The van der Waals surface area contributed by atoms with Gasteiger partial charge in [0.05, 0.1) is 19.2 Å². The van der Waals surface area contributed by atoms with Crippen LogP contribution < -0.4 is 10.5 Å². The second-order valence-electron chi connectivity index (χ2n) is 3.42. The number of aryl methyl sites for hydroxylation is 1. The fraction of sp³-hybridized carbons (Fsp3) is 0.273. The molecule has 0 atom stereocenters. The molecule has 1 aromatic carbocycles. The lowest BCUT2D eigenvalue weighted by Crippen LogP contribution is -1.98. The molecule has 2 N–H and O–H groups in total. The number of ether oxygens (including phenoxy) is 1. The lowest BCUT2D eigenvalue weighted by molar-refractivity contribution is 0.403. The lowest BCUT2D eigenvalue weighted by Gasteiger charge is -2.05. The molecule has 0 radical (unpaired) electrons. The Morgan fingerprint density at radius 3 is 2.88 bits per heavy atom. The van der Waals surface area contributed by atoms with Gasteiger partial charge in [0.2, 0.25) is 0 Å².